The highest BCUT2D eigenvalue weighted by Gasteiger charge is 2.15. The number of rotatable bonds is 8. The molecule has 0 fully saturated rings. The number of benzene rings is 2. The van der Waals surface area contributed by atoms with E-state index in [0.717, 1.165) is 0 Å². The Hall–Kier alpha value is -3.72. The third kappa shape index (κ3) is 5.64. The molecule has 4 N–H and O–H groups in total. The number of hydrogen-bond donors (Lipinski definition) is 4. The van der Waals surface area contributed by atoms with Crippen LogP contribution in [0.4, 0.5) is 11.4 Å². The number of carbonyl (C=O) groups is 2. The van der Waals surface area contributed by atoms with Gasteiger partial charge >= 0.3 is 5.97 Å². The normalized spacial score (nSPS) is 11.8. The fraction of sp³-hybridized carbons (Fsp3) is 0.158. The van der Waals surface area contributed by atoms with E-state index in [1.165, 1.54) is 25.1 Å². The van der Waals surface area contributed by atoms with Crippen LogP contribution in [0.1, 0.15) is 17.3 Å². The molecule has 1 amide bonds. The number of aliphatic hydroxyl groups is 2. The van der Waals surface area contributed by atoms with Crippen molar-refractivity contribution in [3.05, 3.63) is 65.6 Å². The maximum absolute atomic E-state index is 12.4. The van der Waals surface area contributed by atoms with Crippen molar-refractivity contribution < 1.29 is 29.6 Å². The molecule has 0 bridgehead atoms. The largest absolute Gasteiger partial charge is 0.510 e. The number of nitrogens with zero attached hydrogens (tertiary/aromatic N) is 2. The summed E-state index contributed by atoms with van der Waals surface area (Å²) in [6, 6.07) is 12.3. The number of carboxylic acids is 1. The van der Waals surface area contributed by atoms with Crippen LogP contribution in [0.15, 0.2) is 70.2 Å². The van der Waals surface area contributed by atoms with Crippen molar-refractivity contribution >= 4 is 23.3 Å². The number of nitrogens with one attached hydrogen (secondary N) is 1. The van der Waals surface area contributed by atoms with Gasteiger partial charge in [0.25, 0.3) is 5.91 Å². The Kier molecular flexibility index (Phi) is 7.23. The average Bonchev–Trinajstić information content (AvgIpc) is 2.67. The van der Waals surface area contributed by atoms with Crippen molar-refractivity contribution in [2.75, 3.05) is 18.5 Å². The number of anilines is 1. The summed E-state index contributed by atoms with van der Waals surface area (Å²) >= 11 is 0. The van der Waals surface area contributed by atoms with Crippen molar-refractivity contribution in [1.29, 1.82) is 0 Å². The standard InChI is InChI=1S/C19H19N3O6/c1-12(24)17(22-21-16-5-3-2-4-15(16)19(26)27)18(25)20-13-6-8-14(9-7-13)28-11-10-23/h2-9,23-24H,10-11H2,1H3,(H,20,25)(H,26,27)/b17-12+,22-21?. The maximum Gasteiger partial charge on any atom is 0.337 e. The monoisotopic (exact) mass is 385 g/mol. The van der Waals surface area contributed by atoms with Gasteiger partial charge in [-0.25, -0.2) is 4.79 Å². The molecule has 9 heteroatoms. The van der Waals surface area contributed by atoms with Crippen LogP contribution in [0, 0.1) is 0 Å². The van der Waals surface area contributed by atoms with E-state index >= 15 is 0 Å². The molecular weight excluding hydrogens is 366 g/mol. The van der Waals surface area contributed by atoms with Crippen LogP contribution in [-0.4, -0.2) is 40.4 Å². The number of allylic oxidation sites excluding steroid dienone is 1. The Morgan fingerprint density at radius 3 is 2.36 bits per heavy atom. The molecule has 146 valence electrons. The molecule has 28 heavy (non-hydrogen) atoms. The number of amides is 1. The van der Waals surface area contributed by atoms with Gasteiger partial charge in [0.15, 0.2) is 5.70 Å². The number of aromatic carboxylic acids is 1. The molecule has 0 aliphatic heterocycles. The van der Waals surface area contributed by atoms with E-state index in [9.17, 15) is 14.7 Å². The minimum absolute atomic E-state index is 0.0481. The van der Waals surface area contributed by atoms with E-state index < -0.39 is 11.9 Å². The molecule has 0 saturated carbocycles. The zero-order chi connectivity index (χ0) is 20.5. The molecule has 0 spiro atoms. The molecule has 9 nitrogen and oxygen atoms in total. The van der Waals surface area contributed by atoms with Gasteiger partial charge in [-0.3, -0.25) is 4.79 Å². The predicted octanol–water partition coefficient (Wildman–Crippen LogP) is 3.27. The van der Waals surface area contributed by atoms with E-state index in [1.807, 2.05) is 0 Å². The number of carbonyl (C=O) groups excluding carboxylic acids is 1. The Morgan fingerprint density at radius 1 is 1.07 bits per heavy atom. The van der Waals surface area contributed by atoms with E-state index in [4.69, 9.17) is 14.9 Å². The number of carboxylic acid groups (broad SMARTS) is 1. The second-order valence-corrected chi connectivity index (χ2v) is 5.51. The lowest BCUT2D eigenvalue weighted by Crippen LogP contribution is -2.14. The van der Waals surface area contributed by atoms with Crippen LogP contribution in [-0.2, 0) is 4.79 Å². The molecule has 0 saturated heterocycles. The number of hydrogen-bond acceptors (Lipinski definition) is 7. The molecule has 0 radical (unpaired) electrons. The molecule has 2 aromatic carbocycles. The Morgan fingerprint density at radius 2 is 1.75 bits per heavy atom. The maximum atomic E-state index is 12.4. The number of ether oxygens (including phenoxy) is 1. The van der Waals surface area contributed by atoms with Gasteiger partial charge in [0.2, 0.25) is 0 Å². The highest BCUT2D eigenvalue weighted by Crippen LogP contribution is 2.21. The van der Waals surface area contributed by atoms with Crippen LogP contribution in [0.25, 0.3) is 0 Å². The third-order valence-electron chi connectivity index (χ3n) is 3.42. The molecule has 0 aromatic heterocycles. The van der Waals surface area contributed by atoms with Crippen molar-refractivity contribution in [2.24, 2.45) is 10.2 Å². The highest BCUT2D eigenvalue weighted by atomic mass is 16.5. The molecule has 0 atom stereocenters. The summed E-state index contributed by atoms with van der Waals surface area (Å²) in [5.74, 6) is -1.77. The van der Waals surface area contributed by atoms with Crippen molar-refractivity contribution in [2.45, 2.75) is 6.92 Å². The summed E-state index contributed by atoms with van der Waals surface area (Å²) in [6.07, 6.45) is 0. The van der Waals surface area contributed by atoms with Crippen LogP contribution >= 0.6 is 0 Å². The van der Waals surface area contributed by atoms with Crippen LogP contribution in [0.2, 0.25) is 0 Å². The topological polar surface area (TPSA) is 141 Å². The Balaban J connectivity index is 2.15. The van der Waals surface area contributed by atoms with Crippen molar-refractivity contribution in [3.63, 3.8) is 0 Å². The van der Waals surface area contributed by atoms with Crippen LogP contribution in [0.5, 0.6) is 5.75 Å². The first-order valence-electron chi connectivity index (χ1n) is 8.21. The lowest BCUT2D eigenvalue weighted by molar-refractivity contribution is -0.113. The zero-order valence-corrected chi connectivity index (χ0v) is 15.0. The molecule has 2 rings (SSSR count). The summed E-state index contributed by atoms with van der Waals surface area (Å²) in [7, 11) is 0. The summed E-state index contributed by atoms with van der Waals surface area (Å²) < 4.78 is 5.23. The van der Waals surface area contributed by atoms with Gasteiger partial charge < -0.3 is 25.4 Å². The summed E-state index contributed by atoms with van der Waals surface area (Å²) in [6.45, 7) is 1.31. The second-order valence-electron chi connectivity index (χ2n) is 5.51. The van der Waals surface area contributed by atoms with Crippen LogP contribution in [0.3, 0.4) is 0 Å². The molecular formula is C19H19N3O6. The average molecular weight is 385 g/mol. The minimum Gasteiger partial charge on any atom is -0.510 e. The molecule has 0 unspecified atom stereocenters. The lowest BCUT2D eigenvalue weighted by Gasteiger charge is -2.08. The molecule has 0 aliphatic rings. The SMILES string of the molecule is C/C(O)=C(\N=Nc1ccccc1C(=O)O)C(=O)Nc1ccc(OCCO)cc1. The first-order chi connectivity index (χ1) is 13.4. The smallest absolute Gasteiger partial charge is 0.337 e. The second kappa shape index (κ2) is 9.83. The van der Waals surface area contributed by atoms with Gasteiger partial charge in [0.05, 0.1) is 12.2 Å². The molecule has 0 heterocycles. The third-order valence-corrected chi connectivity index (χ3v) is 3.42. The van der Waals surface area contributed by atoms with Gasteiger partial charge in [0, 0.05) is 5.69 Å². The first-order valence-corrected chi connectivity index (χ1v) is 8.21. The minimum atomic E-state index is -1.19. The van der Waals surface area contributed by atoms with Gasteiger partial charge in [-0.05, 0) is 43.3 Å². The fourth-order valence-corrected chi connectivity index (χ4v) is 2.12. The first kappa shape index (κ1) is 20.6. The molecule has 0 aliphatic carbocycles. The highest BCUT2D eigenvalue weighted by molar-refractivity contribution is 6.03. The van der Waals surface area contributed by atoms with E-state index in [1.54, 1.807) is 30.3 Å². The van der Waals surface area contributed by atoms with E-state index in [-0.39, 0.29) is 35.9 Å². The van der Waals surface area contributed by atoms with Crippen molar-refractivity contribution in [1.82, 2.24) is 0 Å². The van der Waals surface area contributed by atoms with Crippen LogP contribution < -0.4 is 10.1 Å². The number of aliphatic hydroxyl groups excluding tert-OH is 2. The molecule has 2 aromatic rings. The van der Waals surface area contributed by atoms with Gasteiger partial charge in [-0.1, -0.05) is 12.1 Å². The van der Waals surface area contributed by atoms with Crippen molar-refractivity contribution in [3.8, 4) is 5.75 Å². The Labute approximate surface area is 160 Å². The predicted molar refractivity (Wildman–Crippen MR) is 101 cm³/mol. The van der Waals surface area contributed by atoms with E-state index in [0.29, 0.717) is 11.4 Å². The fourth-order valence-electron chi connectivity index (χ4n) is 2.12. The quantitative estimate of drug-likeness (QED) is 0.312. The summed E-state index contributed by atoms with van der Waals surface area (Å²) in [4.78, 5) is 23.6. The number of azo groups is 1. The summed E-state index contributed by atoms with van der Waals surface area (Å²) in [5.41, 5.74) is 0.0223. The lowest BCUT2D eigenvalue weighted by atomic mass is 10.2. The van der Waals surface area contributed by atoms with Gasteiger partial charge in [0.1, 0.15) is 23.8 Å². The zero-order valence-electron chi connectivity index (χ0n) is 15.0. The van der Waals surface area contributed by atoms with Gasteiger partial charge in [-0.2, -0.15) is 0 Å². The van der Waals surface area contributed by atoms with Gasteiger partial charge in [-0.15, -0.1) is 10.2 Å². The van der Waals surface area contributed by atoms with E-state index in [2.05, 4.69) is 15.5 Å². The Bertz CT molecular complexity index is 902. The summed E-state index contributed by atoms with van der Waals surface area (Å²) in [5, 5.41) is 37.7.